The topological polar surface area (TPSA) is 70.7 Å². The van der Waals surface area contributed by atoms with Gasteiger partial charge in [-0.1, -0.05) is 11.6 Å². The molecular weight excluding hydrogens is 330 g/mol. The highest BCUT2D eigenvalue weighted by Gasteiger charge is 2.35. The van der Waals surface area contributed by atoms with Crippen LogP contribution in [0.4, 0.5) is 0 Å². The fraction of sp³-hybridized carbons (Fsp3) is 0.529. The number of benzene rings is 1. The standard InChI is InChI=1S/C17H22ClN3O3/c1-11(22)15-10-16(20-19-15)17(23)21-8-6-14(7-9-21)24-13-4-2-12(18)3-5-13/h2-5,14-16,19-20H,6-10H2,1H3. The lowest BCUT2D eigenvalue weighted by molar-refractivity contribution is -0.135. The molecule has 1 amide bonds. The van der Waals surface area contributed by atoms with E-state index in [1.54, 1.807) is 12.1 Å². The number of nitrogens with zero attached hydrogens (tertiary/aromatic N) is 1. The van der Waals surface area contributed by atoms with E-state index >= 15 is 0 Å². The Morgan fingerprint density at radius 2 is 1.75 bits per heavy atom. The van der Waals surface area contributed by atoms with Gasteiger partial charge in [0.25, 0.3) is 0 Å². The summed E-state index contributed by atoms with van der Waals surface area (Å²) >= 11 is 5.87. The van der Waals surface area contributed by atoms with Crippen LogP contribution < -0.4 is 15.6 Å². The van der Waals surface area contributed by atoms with Gasteiger partial charge in [0.05, 0.1) is 6.04 Å². The number of ketones is 1. The quantitative estimate of drug-likeness (QED) is 0.861. The number of ether oxygens (including phenoxy) is 1. The summed E-state index contributed by atoms with van der Waals surface area (Å²) in [6.07, 6.45) is 2.21. The molecule has 2 heterocycles. The third kappa shape index (κ3) is 4.06. The number of halogens is 1. The van der Waals surface area contributed by atoms with E-state index in [1.807, 2.05) is 17.0 Å². The zero-order valence-corrected chi connectivity index (χ0v) is 14.4. The third-order valence-corrected chi connectivity index (χ3v) is 4.81. The molecule has 2 saturated heterocycles. The fourth-order valence-electron chi connectivity index (χ4n) is 3.10. The zero-order chi connectivity index (χ0) is 17.1. The summed E-state index contributed by atoms with van der Waals surface area (Å²) in [4.78, 5) is 25.8. The van der Waals surface area contributed by atoms with Crippen LogP contribution in [-0.4, -0.2) is 47.9 Å². The minimum atomic E-state index is -0.326. The van der Waals surface area contributed by atoms with Crippen molar-refractivity contribution in [3.63, 3.8) is 0 Å². The Balaban J connectivity index is 1.47. The number of carbonyl (C=O) groups is 2. The van der Waals surface area contributed by atoms with Gasteiger partial charge in [0.15, 0.2) is 0 Å². The summed E-state index contributed by atoms with van der Waals surface area (Å²) in [6.45, 7) is 2.87. The monoisotopic (exact) mass is 351 g/mol. The first kappa shape index (κ1) is 17.2. The fourth-order valence-corrected chi connectivity index (χ4v) is 3.23. The molecule has 2 fully saturated rings. The van der Waals surface area contributed by atoms with Gasteiger partial charge in [-0.05, 0) is 37.6 Å². The first-order chi connectivity index (χ1) is 11.5. The van der Waals surface area contributed by atoms with Gasteiger partial charge in [0, 0.05) is 31.0 Å². The molecule has 0 aromatic heterocycles. The summed E-state index contributed by atoms with van der Waals surface area (Å²) in [5, 5.41) is 0.685. The second kappa shape index (κ2) is 7.51. The Bertz CT molecular complexity index is 600. The van der Waals surface area contributed by atoms with Crippen molar-refractivity contribution < 1.29 is 14.3 Å². The molecule has 1 aromatic carbocycles. The van der Waals surface area contributed by atoms with Crippen LogP contribution in [0.15, 0.2) is 24.3 Å². The Labute approximate surface area is 146 Å². The molecule has 0 saturated carbocycles. The molecule has 2 N–H and O–H groups in total. The van der Waals surface area contributed by atoms with E-state index in [0.29, 0.717) is 24.5 Å². The number of piperidine rings is 1. The summed E-state index contributed by atoms with van der Waals surface area (Å²) < 4.78 is 5.94. The summed E-state index contributed by atoms with van der Waals surface area (Å²) in [6, 6.07) is 6.72. The van der Waals surface area contributed by atoms with Gasteiger partial charge >= 0.3 is 0 Å². The maximum Gasteiger partial charge on any atom is 0.241 e. The molecule has 0 spiro atoms. The van der Waals surface area contributed by atoms with Crippen molar-refractivity contribution >= 4 is 23.3 Å². The molecule has 2 unspecified atom stereocenters. The Hall–Kier alpha value is -1.63. The number of amides is 1. The van der Waals surface area contributed by atoms with Crippen LogP contribution in [0, 0.1) is 0 Å². The van der Waals surface area contributed by atoms with E-state index in [2.05, 4.69) is 10.9 Å². The molecule has 2 aliphatic heterocycles. The Morgan fingerprint density at radius 1 is 1.12 bits per heavy atom. The molecule has 1 aromatic rings. The predicted molar refractivity (Wildman–Crippen MR) is 90.8 cm³/mol. The third-order valence-electron chi connectivity index (χ3n) is 4.56. The molecule has 0 bridgehead atoms. The normalized spacial score (nSPS) is 24.8. The van der Waals surface area contributed by atoms with Crippen LogP contribution in [0.2, 0.25) is 5.02 Å². The van der Waals surface area contributed by atoms with Crippen molar-refractivity contribution in [2.75, 3.05) is 13.1 Å². The molecule has 2 aliphatic rings. The average Bonchev–Trinajstić information content (AvgIpc) is 3.07. The van der Waals surface area contributed by atoms with Crippen LogP contribution in [0.3, 0.4) is 0 Å². The molecule has 7 heteroatoms. The van der Waals surface area contributed by atoms with Crippen molar-refractivity contribution in [1.29, 1.82) is 0 Å². The van der Waals surface area contributed by atoms with Crippen molar-refractivity contribution in [3.05, 3.63) is 29.3 Å². The molecule has 6 nitrogen and oxygen atoms in total. The van der Waals surface area contributed by atoms with Gasteiger partial charge in [-0.15, -0.1) is 0 Å². The van der Waals surface area contributed by atoms with Crippen molar-refractivity contribution in [2.24, 2.45) is 0 Å². The second-order valence-corrected chi connectivity index (χ2v) is 6.77. The van der Waals surface area contributed by atoms with Crippen LogP contribution in [0.1, 0.15) is 26.2 Å². The smallest absolute Gasteiger partial charge is 0.241 e. The van der Waals surface area contributed by atoms with Gasteiger partial charge in [0.2, 0.25) is 5.91 Å². The van der Waals surface area contributed by atoms with E-state index < -0.39 is 0 Å². The highest BCUT2D eigenvalue weighted by molar-refractivity contribution is 6.30. The summed E-state index contributed by atoms with van der Waals surface area (Å²) in [7, 11) is 0. The van der Waals surface area contributed by atoms with Crippen molar-refractivity contribution in [2.45, 2.75) is 44.4 Å². The number of hydrogen-bond donors (Lipinski definition) is 2. The Kier molecular flexibility index (Phi) is 5.38. The number of Topliss-reactive ketones (excluding diaryl/α,β-unsaturated/α-hetero) is 1. The lowest BCUT2D eigenvalue weighted by Gasteiger charge is -2.33. The van der Waals surface area contributed by atoms with Crippen LogP contribution >= 0.6 is 11.6 Å². The number of nitrogens with one attached hydrogen (secondary N) is 2. The van der Waals surface area contributed by atoms with Crippen LogP contribution in [0.5, 0.6) is 5.75 Å². The van der Waals surface area contributed by atoms with Crippen LogP contribution in [-0.2, 0) is 9.59 Å². The first-order valence-electron chi connectivity index (χ1n) is 8.25. The van der Waals surface area contributed by atoms with E-state index in [4.69, 9.17) is 16.3 Å². The van der Waals surface area contributed by atoms with E-state index in [1.165, 1.54) is 6.92 Å². The molecule has 3 rings (SSSR count). The molecule has 0 aliphatic carbocycles. The minimum Gasteiger partial charge on any atom is -0.490 e. The van der Waals surface area contributed by atoms with Gasteiger partial charge in [-0.25, -0.2) is 10.9 Å². The van der Waals surface area contributed by atoms with Gasteiger partial charge in [-0.3, -0.25) is 9.59 Å². The molecule has 0 radical (unpaired) electrons. The molecular formula is C17H22ClN3O3. The largest absolute Gasteiger partial charge is 0.490 e. The molecule has 2 atom stereocenters. The lowest BCUT2D eigenvalue weighted by Crippen LogP contribution is -2.49. The van der Waals surface area contributed by atoms with E-state index in [0.717, 1.165) is 18.6 Å². The van der Waals surface area contributed by atoms with Gasteiger partial charge < -0.3 is 9.64 Å². The average molecular weight is 352 g/mol. The summed E-state index contributed by atoms with van der Waals surface area (Å²) in [5.74, 6) is 0.902. The number of hydrazine groups is 1. The van der Waals surface area contributed by atoms with Gasteiger partial charge in [0.1, 0.15) is 23.7 Å². The number of likely N-dealkylation sites (tertiary alicyclic amines) is 1. The van der Waals surface area contributed by atoms with Crippen molar-refractivity contribution in [3.8, 4) is 5.75 Å². The minimum absolute atomic E-state index is 0.0490. The first-order valence-corrected chi connectivity index (χ1v) is 8.63. The molecule has 24 heavy (non-hydrogen) atoms. The second-order valence-electron chi connectivity index (χ2n) is 6.34. The molecule has 130 valence electrons. The van der Waals surface area contributed by atoms with E-state index in [-0.39, 0.29) is 29.9 Å². The maximum atomic E-state index is 12.5. The SMILES string of the molecule is CC(=O)C1CC(C(=O)N2CCC(Oc3ccc(Cl)cc3)CC2)NN1. The van der Waals surface area contributed by atoms with Gasteiger partial charge in [-0.2, -0.15) is 0 Å². The highest BCUT2D eigenvalue weighted by Crippen LogP contribution is 2.22. The van der Waals surface area contributed by atoms with Crippen LogP contribution in [0.25, 0.3) is 0 Å². The number of carbonyl (C=O) groups excluding carboxylic acids is 2. The number of hydrogen-bond acceptors (Lipinski definition) is 5. The zero-order valence-electron chi connectivity index (χ0n) is 13.6. The maximum absolute atomic E-state index is 12.5. The van der Waals surface area contributed by atoms with Crippen molar-refractivity contribution in [1.82, 2.24) is 15.8 Å². The Morgan fingerprint density at radius 3 is 2.33 bits per heavy atom. The lowest BCUT2D eigenvalue weighted by atomic mass is 10.0. The highest BCUT2D eigenvalue weighted by atomic mass is 35.5. The number of rotatable bonds is 4. The predicted octanol–water partition coefficient (Wildman–Crippen LogP) is 1.53. The van der Waals surface area contributed by atoms with E-state index in [9.17, 15) is 9.59 Å². The summed E-state index contributed by atoms with van der Waals surface area (Å²) in [5.41, 5.74) is 5.83.